The highest BCUT2D eigenvalue weighted by Crippen LogP contribution is 2.19. The number of carbonyl (C=O) groups excluding carboxylic acids is 1. The van der Waals surface area contributed by atoms with Crippen molar-refractivity contribution in [2.24, 2.45) is 0 Å². The van der Waals surface area contributed by atoms with E-state index < -0.39 is 0 Å². The normalized spacial score (nSPS) is 9.95. The van der Waals surface area contributed by atoms with E-state index in [1.807, 2.05) is 44.2 Å². The molecule has 114 valence electrons. The van der Waals surface area contributed by atoms with Crippen LogP contribution in [-0.2, 0) is 4.74 Å². The average Bonchev–Trinajstić information content (AvgIpc) is 2.51. The molecule has 0 aliphatic rings. The van der Waals surface area contributed by atoms with Gasteiger partial charge in [-0.25, -0.2) is 4.79 Å². The molecule has 0 heterocycles. The van der Waals surface area contributed by atoms with E-state index >= 15 is 0 Å². The number of nitrogens with one attached hydrogen (secondary N) is 2. The molecule has 0 fully saturated rings. The molecule has 0 unspecified atom stereocenters. The quantitative estimate of drug-likeness (QED) is 0.665. The van der Waals surface area contributed by atoms with Gasteiger partial charge in [-0.1, -0.05) is 24.3 Å². The Bertz CT molecular complexity index is 714. The highest BCUT2D eigenvalue weighted by atomic mass is 32.1. The molecule has 0 saturated carbocycles. The van der Waals surface area contributed by atoms with Crippen LogP contribution in [0.3, 0.4) is 0 Å². The molecule has 0 aliphatic carbocycles. The van der Waals surface area contributed by atoms with E-state index in [2.05, 4.69) is 10.6 Å². The predicted octanol–water partition coefficient (Wildman–Crippen LogP) is 3.90. The monoisotopic (exact) mass is 314 g/mol. The van der Waals surface area contributed by atoms with Gasteiger partial charge in [0.15, 0.2) is 5.11 Å². The van der Waals surface area contributed by atoms with Crippen LogP contribution in [0.2, 0.25) is 0 Å². The van der Waals surface area contributed by atoms with Crippen molar-refractivity contribution in [1.29, 1.82) is 0 Å². The van der Waals surface area contributed by atoms with E-state index in [-0.39, 0.29) is 5.97 Å². The van der Waals surface area contributed by atoms with Crippen molar-refractivity contribution >= 4 is 34.7 Å². The summed E-state index contributed by atoms with van der Waals surface area (Å²) in [7, 11) is 1.36. The first-order chi connectivity index (χ1) is 10.5. The number of para-hydroxylation sites is 1. The van der Waals surface area contributed by atoms with Gasteiger partial charge in [0, 0.05) is 11.4 Å². The first-order valence-electron chi connectivity index (χ1n) is 6.84. The minimum Gasteiger partial charge on any atom is -0.465 e. The molecule has 0 atom stereocenters. The first-order valence-corrected chi connectivity index (χ1v) is 7.24. The third-order valence-corrected chi connectivity index (χ3v) is 3.50. The molecule has 0 spiro atoms. The summed E-state index contributed by atoms with van der Waals surface area (Å²) in [4.78, 5) is 11.6. The molecule has 2 aromatic carbocycles. The number of ether oxygens (including phenoxy) is 1. The Morgan fingerprint density at radius 2 is 1.64 bits per heavy atom. The van der Waals surface area contributed by atoms with Crippen molar-refractivity contribution in [3.63, 3.8) is 0 Å². The van der Waals surface area contributed by atoms with Crippen LogP contribution in [0.1, 0.15) is 21.5 Å². The van der Waals surface area contributed by atoms with Crippen LogP contribution in [0.15, 0.2) is 42.5 Å². The van der Waals surface area contributed by atoms with E-state index in [9.17, 15) is 4.79 Å². The summed E-state index contributed by atoms with van der Waals surface area (Å²) >= 11 is 5.34. The highest BCUT2D eigenvalue weighted by molar-refractivity contribution is 7.80. The standard InChI is InChI=1S/C17H18N2O2S/c1-11-6-4-5-7-14(11)18-17(22)19-15-10-13(16(20)21-3)9-8-12(15)2/h4-10H,1-3H3,(H2,18,19,22). The lowest BCUT2D eigenvalue weighted by molar-refractivity contribution is 0.0601. The third kappa shape index (κ3) is 3.83. The lowest BCUT2D eigenvalue weighted by Crippen LogP contribution is -2.20. The maximum absolute atomic E-state index is 11.6. The second kappa shape index (κ2) is 7.04. The third-order valence-electron chi connectivity index (χ3n) is 3.30. The summed E-state index contributed by atoms with van der Waals surface area (Å²) in [5.41, 5.74) is 4.29. The zero-order chi connectivity index (χ0) is 16.1. The number of hydrogen-bond acceptors (Lipinski definition) is 3. The molecular weight excluding hydrogens is 296 g/mol. The Labute approximate surface area is 135 Å². The molecule has 2 rings (SSSR count). The zero-order valence-electron chi connectivity index (χ0n) is 12.8. The lowest BCUT2D eigenvalue weighted by atomic mass is 10.1. The van der Waals surface area contributed by atoms with Gasteiger partial charge >= 0.3 is 5.97 Å². The topological polar surface area (TPSA) is 50.4 Å². The zero-order valence-corrected chi connectivity index (χ0v) is 13.6. The smallest absolute Gasteiger partial charge is 0.337 e. The number of anilines is 2. The number of benzene rings is 2. The van der Waals surface area contributed by atoms with Crippen molar-refractivity contribution in [2.45, 2.75) is 13.8 Å². The Morgan fingerprint density at radius 1 is 1.00 bits per heavy atom. The van der Waals surface area contributed by atoms with Gasteiger partial charge in [-0.3, -0.25) is 0 Å². The van der Waals surface area contributed by atoms with Gasteiger partial charge in [0.05, 0.1) is 12.7 Å². The van der Waals surface area contributed by atoms with Gasteiger partial charge in [0.25, 0.3) is 0 Å². The van der Waals surface area contributed by atoms with Crippen molar-refractivity contribution in [3.05, 3.63) is 59.2 Å². The largest absolute Gasteiger partial charge is 0.465 e. The van der Waals surface area contributed by atoms with Gasteiger partial charge in [0.2, 0.25) is 0 Å². The summed E-state index contributed by atoms with van der Waals surface area (Å²) in [6, 6.07) is 13.2. The molecule has 2 N–H and O–H groups in total. The molecule has 5 heteroatoms. The molecular formula is C17H18N2O2S. The molecule has 0 radical (unpaired) electrons. The van der Waals surface area contributed by atoms with Crippen molar-refractivity contribution in [1.82, 2.24) is 0 Å². The van der Waals surface area contributed by atoms with Crippen LogP contribution >= 0.6 is 12.2 Å². The van der Waals surface area contributed by atoms with Crippen LogP contribution in [0, 0.1) is 13.8 Å². The Balaban J connectivity index is 2.14. The fourth-order valence-electron chi connectivity index (χ4n) is 1.99. The van der Waals surface area contributed by atoms with Crippen LogP contribution in [0.5, 0.6) is 0 Å². The SMILES string of the molecule is COC(=O)c1ccc(C)c(NC(=S)Nc2ccccc2C)c1. The van der Waals surface area contributed by atoms with E-state index in [0.717, 1.165) is 22.5 Å². The van der Waals surface area contributed by atoms with E-state index in [1.54, 1.807) is 12.1 Å². The number of aryl methyl sites for hydroxylation is 2. The molecule has 0 amide bonds. The van der Waals surface area contributed by atoms with Gasteiger partial charge in [-0.15, -0.1) is 0 Å². The number of rotatable bonds is 3. The van der Waals surface area contributed by atoms with Crippen LogP contribution in [0.4, 0.5) is 11.4 Å². The Kier molecular flexibility index (Phi) is 5.12. The fraction of sp³-hybridized carbons (Fsp3) is 0.176. The number of thiocarbonyl (C=S) groups is 1. The maximum atomic E-state index is 11.6. The Hall–Kier alpha value is -2.40. The predicted molar refractivity (Wildman–Crippen MR) is 93.5 cm³/mol. The molecule has 4 nitrogen and oxygen atoms in total. The molecule has 0 aliphatic heterocycles. The fourth-order valence-corrected chi connectivity index (χ4v) is 2.21. The van der Waals surface area contributed by atoms with Crippen LogP contribution < -0.4 is 10.6 Å². The summed E-state index contributed by atoms with van der Waals surface area (Å²) in [6.07, 6.45) is 0. The first kappa shape index (κ1) is 16.0. The number of carbonyl (C=O) groups is 1. The van der Waals surface area contributed by atoms with Crippen molar-refractivity contribution < 1.29 is 9.53 Å². The number of esters is 1. The van der Waals surface area contributed by atoms with E-state index in [0.29, 0.717) is 10.7 Å². The van der Waals surface area contributed by atoms with Crippen molar-refractivity contribution in [3.8, 4) is 0 Å². The maximum Gasteiger partial charge on any atom is 0.337 e. The highest BCUT2D eigenvalue weighted by Gasteiger charge is 2.09. The summed E-state index contributed by atoms with van der Waals surface area (Å²) in [6.45, 7) is 3.95. The van der Waals surface area contributed by atoms with Crippen LogP contribution in [-0.4, -0.2) is 18.2 Å². The van der Waals surface area contributed by atoms with E-state index in [1.165, 1.54) is 7.11 Å². The van der Waals surface area contributed by atoms with Crippen LogP contribution in [0.25, 0.3) is 0 Å². The van der Waals surface area contributed by atoms with Gasteiger partial charge < -0.3 is 15.4 Å². The minimum absolute atomic E-state index is 0.374. The number of methoxy groups -OCH3 is 1. The summed E-state index contributed by atoms with van der Waals surface area (Å²) in [5, 5.41) is 6.74. The molecule has 0 bridgehead atoms. The lowest BCUT2D eigenvalue weighted by Gasteiger charge is -2.14. The molecule has 0 aromatic heterocycles. The second-order valence-corrected chi connectivity index (χ2v) is 5.32. The molecule has 2 aromatic rings. The second-order valence-electron chi connectivity index (χ2n) is 4.92. The minimum atomic E-state index is -0.374. The van der Waals surface area contributed by atoms with Gasteiger partial charge in [0.1, 0.15) is 0 Å². The Morgan fingerprint density at radius 3 is 2.32 bits per heavy atom. The average molecular weight is 314 g/mol. The molecule has 22 heavy (non-hydrogen) atoms. The molecule has 0 saturated heterocycles. The van der Waals surface area contributed by atoms with E-state index in [4.69, 9.17) is 17.0 Å². The summed E-state index contributed by atoms with van der Waals surface area (Å²) in [5.74, 6) is -0.374. The number of hydrogen-bond donors (Lipinski definition) is 2. The van der Waals surface area contributed by atoms with Gasteiger partial charge in [-0.2, -0.15) is 0 Å². The summed E-state index contributed by atoms with van der Waals surface area (Å²) < 4.78 is 4.73. The van der Waals surface area contributed by atoms with Gasteiger partial charge in [-0.05, 0) is 55.4 Å². The van der Waals surface area contributed by atoms with Crippen molar-refractivity contribution in [2.75, 3.05) is 17.7 Å².